The highest BCUT2D eigenvalue weighted by Crippen LogP contribution is 2.53. The van der Waals surface area contributed by atoms with E-state index in [9.17, 15) is 10.1 Å². The molecule has 3 atom stereocenters. The van der Waals surface area contributed by atoms with Gasteiger partial charge in [0.2, 0.25) is 0 Å². The lowest BCUT2D eigenvalue weighted by Crippen LogP contribution is -2.29. The van der Waals surface area contributed by atoms with Crippen molar-refractivity contribution >= 4 is 22.1 Å². The van der Waals surface area contributed by atoms with Crippen molar-refractivity contribution in [1.82, 2.24) is 0 Å². The van der Waals surface area contributed by atoms with Gasteiger partial charge in [-0.1, -0.05) is 54.6 Å². The van der Waals surface area contributed by atoms with E-state index in [-0.39, 0.29) is 22.6 Å². The number of nitro benzene ring substituents is 1. The van der Waals surface area contributed by atoms with Gasteiger partial charge >= 0.3 is 0 Å². The fraction of sp³-hybridized carbons (Fsp3) is 0.217. The maximum Gasteiger partial charge on any atom is 0.273 e. The molecular weight excluding hydrogens is 352 g/mol. The monoisotopic (exact) mass is 372 g/mol. The number of hydrogen-bond donors (Lipinski definition) is 1. The Morgan fingerprint density at radius 1 is 1.11 bits per heavy atom. The molecule has 0 spiro atoms. The van der Waals surface area contributed by atoms with Gasteiger partial charge in [-0.25, -0.2) is 0 Å². The summed E-state index contributed by atoms with van der Waals surface area (Å²) in [6, 6.07) is 18.1. The molecule has 0 aromatic heterocycles. The van der Waals surface area contributed by atoms with Crippen LogP contribution in [-0.2, 0) is 0 Å². The van der Waals surface area contributed by atoms with Crippen LogP contribution in [0.25, 0.3) is 10.8 Å². The Morgan fingerprint density at radius 2 is 1.93 bits per heavy atom. The van der Waals surface area contributed by atoms with Gasteiger partial charge in [-0.05, 0) is 34.2 Å². The summed E-state index contributed by atoms with van der Waals surface area (Å²) in [5, 5.41) is 17.5. The molecule has 0 saturated heterocycles. The number of fused-ring (bicyclic) bond motifs is 4. The van der Waals surface area contributed by atoms with Gasteiger partial charge in [0.05, 0.1) is 29.8 Å². The zero-order valence-corrected chi connectivity index (χ0v) is 15.5. The molecule has 0 amide bonds. The molecule has 0 fully saturated rings. The van der Waals surface area contributed by atoms with Gasteiger partial charge in [0.1, 0.15) is 5.75 Å². The van der Waals surface area contributed by atoms with Gasteiger partial charge < -0.3 is 10.1 Å². The molecule has 3 aromatic carbocycles. The summed E-state index contributed by atoms with van der Waals surface area (Å²) in [6.07, 6.45) is 5.32. The number of benzene rings is 3. The smallest absolute Gasteiger partial charge is 0.273 e. The van der Waals surface area contributed by atoms with Crippen LogP contribution in [0.5, 0.6) is 5.75 Å². The molecule has 1 aliphatic carbocycles. The van der Waals surface area contributed by atoms with Crippen LogP contribution in [0.4, 0.5) is 11.4 Å². The van der Waals surface area contributed by atoms with Crippen LogP contribution >= 0.6 is 0 Å². The second kappa shape index (κ2) is 6.37. The van der Waals surface area contributed by atoms with E-state index >= 15 is 0 Å². The summed E-state index contributed by atoms with van der Waals surface area (Å²) in [7, 11) is 1.56. The van der Waals surface area contributed by atoms with Crippen molar-refractivity contribution in [3.8, 4) is 5.75 Å². The summed E-state index contributed by atoms with van der Waals surface area (Å²) in [6.45, 7) is 0. The number of nitrogens with one attached hydrogen (secondary N) is 1. The number of allylic oxidation sites excluding steroid dienone is 2. The maximum absolute atomic E-state index is 11.4. The molecule has 3 aromatic rings. The van der Waals surface area contributed by atoms with E-state index in [1.54, 1.807) is 13.2 Å². The molecule has 0 bridgehead atoms. The van der Waals surface area contributed by atoms with E-state index in [4.69, 9.17) is 4.74 Å². The first-order chi connectivity index (χ1) is 13.7. The molecule has 0 radical (unpaired) electrons. The Hall–Kier alpha value is -3.34. The van der Waals surface area contributed by atoms with E-state index < -0.39 is 0 Å². The number of nitro groups is 1. The third kappa shape index (κ3) is 2.47. The average molecular weight is 372 g/mol. The molecule has 1 heterocycles. The molecule has 0 saturated carbocycles. The van der Waals surface area contributed by atoms with Gasteiger partial charge in [-0.15, -0.1) is 0 Å². The molecular formula is C23H20N2O3. The highest BCUT2D eigenvalue weighted by atomic mass is 16.6. The third-order valence-electron chi connectivity index (χ3n) is 6.01. The van der Waals surface area contributed by atoms with Gasteiger partial charge in [0.15, 0.2) is 0 Å². The second-order valence-electron chi connectivity index (χ2n) is 7.41. The van der Waals surface area contributed by atoms with Crippen LogP contribution in [0.15, 0.2) is 66.7 Å². The molecule has 1 aliphatic heterocycles. The van der Waals surface area contributed by atoms with Crippen molar-refractivity contribution in [3.05, 3.63) is 88.0 Å². The van der Waals surface area contributed by atoms with Crippen LogP contribution in [0.1, 0.15) is 29.5 Å². The Bertz CT molecular complexity index is 1120. The molecule has 0 unspecified atom stereocenters. The lowest BCUT2D eigenvalue weighted by atomic mass is 9.76. The number of non-ortho nitro benzene ring substituents is 1. The van der Waals surface area contributed by atoms with Gasteiger partial charge in [0, 0.05) is 12.0 Å². The Kier molecular flexibility index (Phi) is 3.83. The average Bonchev–Trinajstić information content (AvgIpc) is 3.22. The first-order valence-corrected chi connectivity index (χ1v) is 9.44. The largest absolute Gasteiger partial charge is 0.494 e. The minimum Gasteiger partial charge on any atom is -0.494 e. The Morgan fingerprint density at radius 3 is 2.75 bits per heavy atom. The molecule has 2 aliphatic rings. The molecule has 1 N–H and O–H groups in total. The standard InChI is InChI=1S/C23H20N2O3/c1-28-21-13-15(25(26)27)12-20-17-9-5-11-19(17)22(24-23(20)21)18-10-4-7-14-6-2-3-8-16(14)18/h2-10,12-13,17,19,22,24H,11H2,1H3/t17-,19-,22+/m1/s1. The van der Waals surface area contributed by atoms with Crippen molar-refractivity contribution in [2.45, 2.75) is 18.4 Å². The molecule has 5 heteroatoms. The number of methoxy groups -OCH3 is 1. The van der Waals surface area contributed by atoms with E-state index in [1.807, 2.05) is 0 Å². The first-order valence-electron chi connectivity index (χ1n) is 9.44. The summed E-state index contributed by atoms with van der Waals surface area (Å²) >= 11 is 0. The van der Waals surface area contributed by atoms with E-state index in [2.05, 4.69) is 59.9 Å². The highest BCUT2D eigenvalue weighted by molar-refractivity contribution is 5.87. The fourth-order valence-electron chi connectivity index (χ4n) is 4.75. The normalized spacial score (nSPS) is 22.4. The van der Waals surface area contributed by atoms with Gasteiger partial charge in [0.25, 0.3) is 5.69 Å². The quantitative estimate of drug-likeness (QED) is 0.370. The van der Waals surface area contributed by atoms with E-state index in [1.165, 1.54) is 22.4 Å². The lowest BCUT2D eigenvalue weighted by molar-refractivity contribution is -0.385. The summed E-state index contributed by atoms with van der Waals surface area (Å²) in [4.78, 5) is 11.0. The zero-order valence-electron chi connectivity index (χ0n) is 15.5. The predicted octanol–water partition coefficient (Wildman–Crippen LogP) is 5.58. The number of ether oxygens (including phenoxy) is 1. The molecule has 140 valence electrons. The van der Waals surface area contributed by atoms with Crippen LogP contribution < -0.4 is 10.1 Å². The minimum atomic E-state index is -0.354. The SMILES string of the molecule is COc1cc([N+](=O)[O-])cc2c1N[C@@H](c1cccc3ccccc13)[C@@H]1CC=C[C@@H]21. The number of anilines is 1. The second-order valence-corrected chi connectivity index (χ2v) is 7.41. The van der Waals surface area contributed by atoms with Crippen LogP contribution in [0.2, 0.25) is 0 Å². The van der Waals surface area contributed by atoms with Gasteiger partial charge in [-0.2, -0.15) is 0 Å². The van der Waals surface area contributed by atoms with Crippen molar-refractivity contribution in [3.63, 3.8) is 0 Å². The fourth-order valence-corrected chi connectivity index (χ4v) is 4.75. The van der Waals surface area contributed by atoms with Crippen LogP contribution in [0.3, 0.4) is 0 Å². The van der Waals surface area contributed by atoms with Crippen molar-refractivity contribution in [2.24, 2.45) is 5.92 Å². The van der Waals surface area contributed by atoms with Crippen molar-refractivity contribution < 1.29 is 9.66 Å². The van der Waals surface area contributed by atoms with Crippen molar-refractivity contribution in [2.75, 3.05) is 12.4 Å². The van der Waals surface area contributed by atoms with E-state index in [0.717, 1.165) is 17.7 Å². The zero-order chi connectivity index (χ0) is 19.3. The maximum atomic E-state index is 11.4. The molecule has 28 heavy (non-hydrogen) atoms. The van der Waals surface area contributed by atoms with E-state index in [0.29, 0.717) is 11.7 Å². The molecule has 5 nitrogen and oxygen atoms in total. The summed E-state index contributed by atoms with van der Waals surface area (Å²) < 4.78 is 5.53. The number of rotatable bonds is 3. The summed E-state index contributed by atoms with van der Waals surface area (Å²) in [5.74, 6) is 0.965. The van der Waals surface area contributed by atoms with Crippen LogP contribution in [-0.4, -0.2) is 12.0 Å². The highest BCUT2D eigenvalue weighted by Gasteiger charge is 2.40. The predicted molar refractivity (Wildman–Crippen MR) is 110 cm³/mol. The first kappa shape index (κ1) is 16.8. The minimum absolute atomic E-state index is 0.0695. The summed E-state index contributed by atoms with van der Waals surface area (Å²) in [5.41, 5.74) is 3.13. The van der Waals surface area contributed by atoms with Crippen molar-refractivity contribution in [1.29, 1.82) is 0 Å². The molecule has 5 rings (SSSR count). The topological polar surface area (TPSA) is 64.4 Å². The number of nitrogens with zero attached hydrogens (tertiary/aromatic N) is 1. The number of hydrogen-bond acceptors (Lipinski definition) is 4. The third-order valence-corrected chi connectivity index (χ3v) is 6.01. The Labute approximate surface area is 162 Å². The van der Waals surface area contributed by atoms with Crippen LogP contribution in [0, 0.1) is 16.0 Å². The van der Waals surface area contributed by atoms with Gasteiger partial charge in [-0.3, -0.25) is 10.1 Å². The lowest BCUT2D eigenvalue weighted by Gasteiger charge is -2.38. The Balaban J connectivity index is 1.69.